The molecule has 0 amide bonds. The molecule has 3 rings (SSSR count). The number of hydrogen-bond acceptors (Lipinski definition) is 5. The molecule has 0 fully saturated rings. The maximum Gasteiger partial charge on any atom is 0.422 e. The van der Waals surface area contributed by atoms with E-state index in [1.165, 1.54) is 19.4 Å². The van der Waals surface area contributed by atoms with Crippen LogP contribution in [-0.2, 0) is 5.41 Å². The van der Waals surface area contributed by atoms with Crippen LogP contribution in [0, 0.1) is 6.92 Å². The molecule has 9 heteroatoms. The van der Waals surface area contributed by atoms with Gasteiger partial charge in [0, 0.05) is 22.8 Å². The summed E-state index contributed by atoms with van der Waals surface area (Å²) in [6, 6.07) is 9.59. The zero-order chi connectivity index (χ0) is 23.7. The molecule has 0 radical (unpaired) electrons. The Hall–Kier alpha value is -2.71. The van der Waals surface area contributed by atoms with E-state index >= 15 is 0 Å². The summed E-state index contributed by atoms with van der Waals surface area (Å²) in [5.41, 5.74) is -3.07. The first-order chi connectivity index (χ1) is 14.9. The van der Waals surface area contributed by atoms with Crippen LogP contribution in [0.2, 0.25) is 5.02 Å². The summed E-state index contributed by atoms with van der Waals surface area (Å²) >= 11 is 5.99. The summed E-state index contributed by atoms with van der Waals surface area (Å²) in [6.07, 6.45) is -3.61. The van der Waals surface area contributed by atoms with E-state index in [0.717, 1.165) is 0 Å². The molecule has 0 bridgehead atoms. The van der Waals surface area contributed by atoms with Gasteiger partial charge in [-0.05, 0) is 48.6 Å². The molecule has 0 aliphatic rings. The van der Waals surface area contributed by atoms with E-state index in [0.29, 0.717) is 39.3 Å². The minimum Gasteiger partial charge on any atom is -0.496 e. The maximum atomic E-state index is 14.0. The van der Waals surface area contributed by atoms with Crippen LogP contribution in [0.1, 0.15) is 31.7 Å². The number of fused-ring (bicyclic) bond motifs is 1. The van der Waals surface area contributed by atoms with Gasteiger partial charge in [-0.15, -0.1) is 0 Å². The van der Waals surface area contributed by atoms with Crippen molar-refractivity contribution in [3.63, 3.8) is 0 Å². The number of aryl methyl sites for hydroxylation is 1. The number of aromatic nitrogens is 2. The SMILES string of the molecule is COc1cc(Cl)ccc1C(C)(C)CC(O)(/C=N/c1cccc2nc(C)ncc12)C(F)(F)F. The van der Waals surface area contributed by atoms with Crippen LogP contribution in [-0.4, -0.2) is 40.2 Å². The number of aliphatic hydroxyl groups is 1. The first kappa shape index (κ1) is 23.9. The van der Waals surface area contributed by atoms with Gasteiger partial charge in [-0.2, -0.15) is 13.2 Å². The van der Waals surface area contributed by atoms with Gasteiger partial charge in [-0.1, -0.05) is 37.6 Å². The molecule has 5 nitrogen and oxygen atoms in total. The number of ether oxygens (including phenoxy) is 1. The molecular formula is C23H23ClF3N3O2. The highest BCUT2D eigenvalue weighted by Gasteiger charge is 2.55. The topological polar surface area (TPSA) is 67.6 Å². The van der Waals surface area contributed by atoms with Crippen molar-refractivity contribution in [2.75, 3.05) is 7.11 Å². The molecule has 1 unspecified atom stereocenters. The Labute approximate surface area is 188 Å². The summed E-state index contributed by atoms with van der Waals surface area (Å²) < 4.78 is 47.4. The lowest BCUT2D eigenvalue weighted by molar-refractivity contribution is -0.234. The lowest BCUT2D eigenvalue weighted by Crippen LogP contribution is -2.50. The number of halogens is 4. The van der Waals surface area contributed by atoms with Crippen LogP contribution in [0.3, 0.4) is 0 Å². The Balaban J connectivity index is 2.03. The zero-order valence-electron chi connectivity index (χ0n) is 18.0. The Morgan fingerprint density at radius 3 is 2.56 bits per heavy atom. The number of nitrogens with zero attached hydrogens (tertiary/aromatic N) is 3. The van der Waals surface area contributed by atoms with Gasteiger partial charge in [0.2, 0.25) is 0 Å². The normalized spacial score (nSPS) is 14.7. The molecular weight excluding hydrogens is 443 g/mol. The molecule has 1 heterocycles. The smallest absolute Gasteiger partial charge is 0.422 e. The van der Waals surface area contributed by atoms with Gasteiger partial charge in [0.1, 0.15) is 11.6 Å². The summed E-state index contributed by atoms with van der Waals surface area (Å²) in [7, 11) is 1.41. The molecule has 3 aromatic rings. The predicted octanol–water partition coefficient (Wildman–Crippen LogP) is 5.96. The number of rotatable bonds is 6. The monoisotopic (exact) mass is 465 g/mol. The first-order valence-electron chi connectivity index (χ1n) is 9.77. The molecule has 0 saturated carbocycles. The zero-order valence-corrected chi connectivity index (χ0v) is 18.8. The third-order valence-electron chi connectivity index (χ3n) is 5.24. The minimum absolute atomic E-state index is 0.229. The summed E-state index contributed by atoms with van der Waals surface area (Å²) in [5, 5.41) is 11.6. The van der Waals surface area contributed by atoms with Crippen molar-refractivity contribution in [2.24, 2.45) is 4.99 Å². The molecule has 0 saturated heterocycles. The van der Waals surface area contributed by atoms with E-state index in [4.69, 9.17) is 16.3 Å². The third-order valence-corrected chi connectivity index (χ3v) is 5.47. The lowest BCUT2D eigenvalue weighted by Gasteiger charge is -2.36. The third kappa shape index (κ3) is 4.86. The van der Waals surface area contributed by atoms with Crippen molar-refractivity contribution in [1.82, 2.24) is 9.97 Å². The highest BCUT2D eigenvalue weighted by molar-refractivity contribution is 6.30. The number of benzene rings is 2. The van der Waals surface area contributed by atoms with Crippen LogP contribution in [0.25, 0.3) is 10.9 Å². The maximum absolute atomic E-state index is 14.0. The van der Waals surface area contributed by atoms with Crippen molar-refractivity contribution in [3.05, 3.63) is 59.0 Å². The molecule has 0 aliphatic heterocycles. The van der Waals surface area contributed by atoms with E-state index in [1.807, 2.05) is 0 Å². The fourth-order valence-electron chi connectivity index (χ4n) is 3.63. The fraction of sp³-hybridized carbons (Fsp3) is 0.348. The largest absolute Gasteiger partial charge is 0.496 e. The van der Waals surface area contributed by atoms with Crippen LogP contribution in [0.4, 0.5) is 18.9 Å². The molecule has 170 valence electrons. The molecule has 1 atom stereocenters. The number of aliphatic imine (C=N–C) groups is 1. The van der Waals surface area contributed by atoms with Gasteiger partial charge in [0.05, 0.1) is 18.3 Å². The predicted molar refractivity (Wildman–Crippen MR) is 119 cm³/mol. The van der Waals surface area contributed by atoms with E-state index in [9.17, 15) is 18.3 Å². The Bertz CT molecular complexity index is 1160. The second-order valence-corrected chi connectivity index (χ2v) is 8.65. The highest BCUT2D eigenvalue weighted by Crippen LogP contribution is 2.43. The lowest BCUT2D eigenvalue weighted by atomic mass is 9.75. The Kier molecular flexibility index (Phi) is 6.49. The van der Waals surface area contributed by atoms with E-state index < -0.39 is 23.6 Å². The molecule has 1 N–H and O–H groups in total. The second-order valence-electron chi connectivity index (χ2n) is 8.21. The minimum atomic E-state index is -4.97. The van der Waals surface area contributed by atoms with Crippen LogP contribution in [0.15, 0.2) is 47.6 Å². The van der Waals surface area contributed by atoms with Gasteiger partial charge in [0.15, 0.2) is 5.60 Å². The number of hydrogen-bond donors (Lipinski definition) is 1. The first-order valence-corrected chi connectivity index (χ1v) is 10.1. The standard InChI is InChI=1S/C23H23ClF3N3O2/c1-14-28-11-16-18(6-5-7-19(16)30-14)29-13-22(31,23(25,26)27)12-21(2,3)17-9-8-15(24)10-20(17)32-4/h5-11,13,31H,12H2,1-4H3/b29-13+. The summed E-state index contributed by atoms with van der Waals surface area (Å²) in [4.78, 5) is 12.4. The van der Waals surface area contributed by atoms with Crippen LogP contribution in [0.5, 0.6) is 5.75 Å². The molecule has 0 spiro atoms. The molecule has 32 heavy (non-hydrogen) atoms. The fourth-order valence-corrected chi connectivity index (χ4v) is 3.80. The van der Waals surface area contributed by atoms with Crippen molar-refractivity contribution in [2.45, 2.75) is 44.4 Å². The number of methoxy groups -OCH3 is 1. The van der Waals surface area contributed by atoms with E-state index in [2.05, 4.69) is 15.0 Å². The average molecular weight is 466 g/mol. The van der Waals surface area contributed by atoms with Gasteiger partial charge < -0.3 is 9.84 Å². The van der Waals surface area contributed by atoms with Crippen LogP contribution >= 0.6 is 11.6 Å². The second kappa shape index (κ2) is 8.67. The highest BCUT2D eigenvalue weighted by atomic mass is 35.5. The molecule has 1 aromatic heterocycles. The van der Waals surface area contributed by atoms with Crippen molar-refractivity contribution in [1.29, 1.82) is 0 Å². The molecule has 0 aliphatic carbocycles. The summed E-state index contributed by atoms with van der Waals surface area (Å²) in [5.74, 6) is 0.870. The van der Waals surface area contributed by atoms with Gasteiger partial charge in [0.25, 0.3) is 0 Å². The van der Waals surface area contributed by atoms with Gasteiger partial charge in [-0.3, -0.25) is 4.99 Å². The van der Waals surface area contributed by atoms with Crippen molar-refractivity contribution in [3.8, 4) is 5.75 Å². The molecule has 2 aromatic carbocycles. The summed E-state index contributed by atoms with van der Waals surface area (Å²) in [6.45, 7) is 4.90. The average Bonchev–Trinajstić information content (AvgIpc) is 2.70. The Morgan fingerprint density at radius 2 is 1.91 bits per heavy atom. The van der Waals surface area contributed by atoms with Gasteiger partial charge in [-0.25, -0.2) is 9.97 Å². The Morgan fingerprint density at radius 1 is 1.19 bits per heavy atom. The van der Waals surface area contributed by atoms with Crippen LogP contribution < -0.4 is 4.74 Å². The number of alkyl halides is 3. The van der Waals surface area contributed by atoms with Crippen molar-refractivity contribution < 1.29 is 23.0 Å². The van der Waals surface area contributed by atoms with E-state index in [-0.39, 0.29) is 5.69 Å². The van der Waals surface area contributed by atoms with E-state index in [1.54, 1.807) is 51.1 Å². The van der Waals surface area contributed by atoms with Crippen molar-refractivity contribution >= 4 is 34.4 Å². The van der Waals surface area contributed by atoms with Gasteiger partial charge >= 0.3 is 6.18 Å². The quantitative estimate of drug-likeness (QED) is 0.456.